The minimum Gasteiger partial charge on any atom is -0.368 e. The van der Waals surface area contributed by atoms with E-state index in [0.29, 0.717) is 6.54 Å². The first-order valence-electron chi connectivity index (χ1n) is 5.64. The van der Waals surface area contributed by atoms with Crippen molar-refractivity contribution in [2.24, 2.45) is 5.73 Å². The highest BCUT2D eigenvalue weighted by Crippen LogP contribution is 2.25. The van der Waals surface area contributed by atoms with Crippen LogP contribution in [0.4, 0.5) is 0 Å². The second-order valence-electron chi connectivity index (χ2n) is 4.11. The van der Waals surface area contributed by atoms with E-state index in [1.807, 2.05) is 24.3 Å². The molecule has 0 aliphatic carbocycles. The summed E-state index contributed by atoms with van der Waals surface area (Å²) in [6, 6.07) is 7.52. The Labute approximate surface area is 114 Å². The van der Waals surface area contributed by atoms with Gasteiger partial charge in [0.15, 0.2) is 0 Å². The van der Waals surface area contributed by atoms with Crippen LogP contribution in [0.15, 0.2) is 34.9 Å². The van der Waals surface area contributed by atoms with Crippen molar-refractivity contribution in [1.82, 2.24) is 10.3 Å². The molecule has 1 aromatic carbocycles. The monoisotopic (exact) mass is 307 g/mol. The van der Waals surface area contributed by atoms with Crippen molar-refractivity contribution in [2.45, 2.75) is 19.5 Å². The molecule has 1 atom stereocenters. The zero-order valence-corrected chi connectivity index (χ0v) is 11.6. The lowest BCUT2D eigenvalue weighted by Crippen LogP contribution is -2.38. The van der Waals surface area contributed by atoms with Gasteiger partial charge in [-0.1, -0.05) is 28.1 Å². The van der Waals surface area contributed by atoms with Crippen molar-refractivity contribution in [1.29, 1.82) is 0 Å². The number of rotatable bonds is 4. The number of carbonyl (C=O) groups excluding carboxylic acids is 1. The van der Waals surface area contributed by atoms with Gasteiger partial charge >= 0.3 is 0 Å². The summed E-state index contributed by atoms with van der Waals surface area (Å²) in [5.74, 6) is -0.357. The van der Waals surface area contributed by atoms with Crippen LogP contribution in [0, 0.1) is 0 Å². The van der Waals surface area contributed by atoms with Crippen LogP contribution in [0.1, 0.15) is 12.5 Å². The number of pyridine rings is 1. The van der Waals surface area contributed by atoms with Crippen LogP contribution in [0.2, 0.25) is 0 Å². The third-order valence-corrected chi connectivity index (χ3v) is 3.52. The van der Waals surface area contributed by atoms with Crippen molar-refractivity contribution in [3.05, 3.63) is 40.5 Å². The van der Waals surface area contributed by atoms with Crippen LogP contribution in [-0.2, 0) is 11.3 Å². The van der Waals surface area contributed by atoms with Crippen molar-refractivity contribution >= 4 is 32.7 Å². The zero-order chi connectivity index (χ0) is 13.1. The summed E-state index contributed by atoms with van der Waals surface area (Å²) in [7, 11) is 0. The molecule has 1 heterocycles. The molecule has 2 aromatic rings. The molecule has 3 N–H and O–H groups in total. The highest BCUT2D eigenvalue weighted by atomic mass is 79.9. The molecule has 0 fully saturated rings. The predicted molar refractivity (Wildman–Crippen MR) is 74.9 cm³/mol. The van der Waals surface area contributed by atoms with E-state index in [9.17, 15) is 4.79 Å². The van der Waals surface area contributed by atoms with Gasteiger partial charge in [-0.25, -0.2) is 0 Å². The van der Waals surface area contributed by atoms with Crippen LogP contribution in [0.25, 0.3) is 10.9 Å². The number of halogens is 1. The van der Waals surface area contributed by atoms with Crippen LogP contribution in [-0.4, -0.2) is 16.9 Å². The number of benzene rings is 1. The van der Waals surface area contributed by atoms with Gasteiger partial charge in [0.2, 0.25) is 5.91 Å². The summed E-state index contributed by atoms with van der Waals surface area (Å²) in [4.78, 5) is 15.4. The fourth-order valence-electron chi connectivity index (χ4n) is 1.70. The molecule has 0 aliphatic rings. The number of hydrogen-bond donors (Lipinski definition) is 2. The Kier molecular flexibility index (Phi) is 3.93. The topological polar surface area (TPSA) is 68.0 Å². The maximum atomic E-state index is 11.0. The Balaban J connectivity index is 2.29. The summed E-state index contributed by atoms with van der Waals surface area (Å²) in [5, 5.41) is 4.14. The molecule has 1 aromatic heterocycles. The molecule has 5 heteroatoms. The number of carbonyl (C=O) groups is 1. The lowest BCUT2D eigenvalue weighted by Gasteiger charge is -2.12. The van der Waals surface area contributed by atoms with Gasteiger partial charge in [-0.05, 0) is 24.6 Å². The first kappa shape index (κ1) is 13.0. The van der Waals surface area contributed by atoms with Crippen molar-refractivity contribution in [2.75, 3.05) is 0 Å². The van der Waals surface area contributed by atoms with E-state index in [4.69, 9.17) is 5.73 Å². The Morgan fingerprint density at radius 1 is 1.50 bits per heavy atom. The van der Waals surface area contributed by atoms with Crippen molar-refractivity contribution in [3.8, 4) is 0 Å². The Morgan fingerprint density at radius 3 is 3.00 bits per heavy atom. The first-order valence-corrected chi connectivity index (χ1v) is 6.43. The molecule has 1 amide bonds. The molecule has 0 saturated carbocycles. The van der Waals surface area contributed by atoms with E-state index in [2.05, 4.69) is 26.2 Å². The van der Waals surface area contributed by atoms with Gasteiger partial charge in [-0.15, -0.1) is 0 Å². The van der Waals surface area contributed by atoms with Crippen molar-refractivity contribution < 1.29 is 4.79 Å². The molecule has 0 saturated heterocycles. The number of primary amides is 1. The third kappa shape index (κ3) is 2.68. The number of hydrogen-bond acceptors (Lipinski definition) is 3. The molecule has 0 radical (unpaired) electrons. The lowest BCUT2D eigenvalue weighted by molar-refractivity contribution is -0.119. The Hall–Kier alpha value is -1.46. The Morgan fingerprint density at radius 2 is 2.28 bits per heavy atom. The minimum absolute atomic E-state index is 0.354. The maximum Gasteiger partial charge on any atom is 0.234 e. The molecule has 1 unspecified atom stereocenters. The predicted octanol–water partition coefficient (Wildman–Crippen LogP) is 1.96. The smallest absolute Gasteiger partial charge is 0.234 e. The van der Waals surface area contributed by atoms with Crippen LogP contribution in [0.3, 0.4) is 0 Å². The number of nitrogens with one attached hydrogen (secondary N) is 1. The first-order chi connectivity index (χ1) is 8.59. The highest BCUT2D eigenvalue weighted by Gasteiger charge is 2.10. The summed E-state index contributed by atoms with van der Waals surface area (Å²) in [5.41, 5.74) is 7.18. The standard InChI is InChI=1S/C13H14BrN3O/c1-8(13(15)18)17-7-9-4-5-11(14)10-3-2-6-16-12(9)10/h2-6,8,17H,7H2,1H3,(H2,15,18). The average Bonchev–Trinajstić information content (AvgIpc) is 2.38. The quantitative estimate of drug-likeness (QED) is 0.907. The van der Waals surface area contributed by atoms with Gasteiger partial charge in [-0.2, -0.15) is 0 Å². The van der Waals surface area contributed by atoms with Crippen LogP contribution < -0.4 is 11.1 Å². The van der Waals surface area contributed by atoms with E-state index < -0.39 is 0 Å². The molecule has 4 nitrogen and oxygen atoms in total. The molecular weight excluding hydrogens is 294 g/mol. The van der Waals surface area contributed by atoms with E-state index in [1.54, 1.807) is 13.1 Å². The van der Waals surface area contributed by atoms with Crippen molar-refractivity contribution in [3.63, 3.8) is 0 Å². The number of amides is 1. The zero-order valence-electron chi connectivity index (χ0n) is 9.98. The summed E-state index contributed by atoms with van der Waals surface area (Å²) in [6.45, 7) is 2.31. The minimum atomic E-state index is -0.357. The van der Waals surface area contributed by atoms with E-state index in [0.717, 1.165) is 20.9 Å². The SMILES string of the molecule is CC(NCc1ccc(Br)c2cccnc12)C(N)=O. The van der Waals surface area contributed by atoms with E-state index >= 15 is 0 Å². The van der Waals surface area contributed by atoms with Gasteiger partial charge in [0.05, 0.1) is 11.6 Å². The Bertz CT molecular complexity index is 585. The summed E-state index contributed by atoms with van der Waals surface area (Å²) in [6.07, 6.45) is 1.76. The normalized spacial score (nSPS) is 12.6. The van der Waals surface area contributed by atoms with Gasteiger partial charge in [-0.3, -0.25) is 9.78 Å². The van der Waals surface area contributed by atoms with Gasteiger partial charge in [0.25, 0.3) is 0 Å². The molecule has 0 aliphatic heterocycles. The molecule has 0 spiro atoms. The number of nitrogens with two attached hydrogens (primary N) is 1. The second kappa shape index (κ2) is 5.46. The van der Waals surface area contributed by atoms with E-state index in [1.165, 1.54) is 0 Å². The van der Waals surface area contributed by atoms with Crippen LogP contribution >= 0.6 is 15.9 Å². The largest absolute Gasteiger partial charge is 0.368 e. The number of nitrogens with zero attached hydrogens (tertiary/aromatic N) is 1. The average molecular weight is 308 g/mol. The second-order valence-corrected chi connectivity index (χ2v) is 4.97. The fraction of sp³-hybridized carbons (Fsp3) is 0.231. The molecule has 0 bridgehead atoms. The van der Waals surface area contributed by atoms with E-state index in [-0.39, 0.29) is 11.9 Å². The summed E-state index contributed by atoms with van der Waals surface area (Å²) >= 11 is 3.50. The third-order valence-electron chi connectivity index (χ3n) is 2.83. The maximum absolute atomic E-state index is 11.0. The van der Waals surface area contributed by atoms with Crippen LogP contribution in [0.5, 0.6) is 0 Å². The number of fused-ring (bicyclic) bond motifs is 1. The van der Waals surface area contributed by atoms with Gasteiger partial charge in [0, 0.05) is 22.6 Å². The molecular formula is C13H14BrN3O. The molecule has 2 rings (SSSR count). The number of aromatic nitrogens is 1. The van der Waals surface area contributed by atoms with Gasteiger partial charge in [0.1, 0.15) is 0 Å². The molecule has 18 heavy (non-hydrogen) atoms. The summed E-state index contributed by atoms with van der Waals surface area (Å²) < 4.78 is 1.01. The lowest BCUT2D eigenvalue weighted by atomic mass is 10.1. The fourth-order valence-corrected chi connectivity index (χ4v) is 2.15. The molecule has 94 valence electrons. The highest BCUT2D eigenvalue weighted by molar-refractivity contribution is 9.10. The van der Waals surface area contributed by atoms with Gasteiger partial charge < -0.3 is 11.1 Å².